The summed E-state index contributed by atoms with van der Waals surface area (Å²) < 4.78 is 14.7. The van der Waals surface area contributed by atoms with E-state index in [9.17, 15) is 9.50 Å². The number of fused-ring (bicyclic) bond motifs is 1. The van der Waals surface area contributed by atoms with Crippen LogP contribution in [0.1, 0.15) is 23.9 Å². The van der Waals surface area contributed by atoms with E-state index in [-0.39, 0.29) is 11.9 Å². The Morgan fingerprint density at radius 1 is 1.40 bits per heavy atom. The third kappa shape index (κ3) is 2.86. The molecule has 0 amide bonds. The first-order chi connectivity index (χ1) is 9.72. The number of aryl methyl sites for hydroxylation is 1. The van der Waals surface area contributed by atoms with Crippen LogP contribution in [-0.2, 0) is 13.0 Å². The molecule has 3 rings (SSSR count). The van der Waals surface area contributed by atoms with E-state index in [0.717, 1.165) is 30.8 Å². The van der Waals surface area contributed by atoms with Gasteiger partial charge in [0, 0.05) is 19.0 Å². The van der Waals surface area contributed by atoms with Crippen LogP contribution in [0.15, 0.2) is 30.6 Å². The van der Waals surface area contributed by atoms with E-state index in [2.05, 4.69) is 15.4 Å². The van der Waals surface area contributed by atoms with Gasteiger partial charge in [-0.2, -0.15) is 5.10 Å². The maximum absolute atomic E-state index is 12.8. The molecule has 0 radical (unpaired) electrons. The smallest absolute Gasteiger partial charge is 0.138 e. The zero-order valence-corrected chi connectivity index (χ0v) is 11.0. The number of hydrogen-bond acceptors (Lipinski definition) is 4. The molecule has 1 aromatic heterocycles. The molecule has 2 unspecified atom stereocenters. The first-order valence-corrected chi connectivity index (χ1v) is 6.76. The van der Waals surface area contributed by atoms with Crippen LogP contribution in [0.2, 0.25) is 0 Å². The summed E-state index contributed by atoms with van der Waals surface area (Å²) in [6.07, 6.45) is 2.82. The monoisotopic (exact) mass is 276 g/mol. The molecule has 0 saturated heterocycles. The van der Waals surface area contributed by atoms with E-state index in [0.29, 0.717) is 6.54 Å². The molecule has 0 aliphatic carbocycles. The van der Waals surface area contributed by atoms with Crippen molar-refractivity contribution in [2.24, 2.45) is 0 Å². The Morgan fingerprint density at radius 2 is 2.20 bits per heavy atom. The van der Waals surface area contributed by atoms with Gasteiger partial charge in [-0.05, 0) is 24.1 Å². The molecule has 0 bridgehead atoms. The van der Waals surface area contributed by atoms with Crippen LogP contribution in [0.5, 0.6) is 0 Å². The summed E-state index contributed by atoms with van der Waals surface area (Å²) in [6.45, 7) is 1.21. The highest BCUT2D eigenvalue weighted by Gasteiger charge is 2.20. The lowest BCUT2D eigenvalue weighted by molar-refractivity contribution is 0.165. The van der Waals surface area contributed by atoms with Crippen LogP contribution in [0.4, 0.5) is 4.39 Å². The third-order valence-electron chi connectivity index (χ3n) is 3.66. The first kappa shape index (κ1) is 13.2. The molecule has 1 aliphatic heterocycles. The van der Waals surface area contributed by atoms with E-state index in [1.54, 1.807) is 18.5 Å². The van der Waals surface area contributed by atoms with Crippen molar-refractivity contribution in [3.8, 4) is 0 Å². The summed E-state index contributed by atoms with van der Waals surface area (Å²) in [5.41, 5.74) is 0.719. The van der Waals surface area contributed by atoms with Crippen LogP contribution >= 0.6 is 0 Å². The molecule has 0 fully saturated rings. The molecule has 6 heteroatoms. The Morgan fingerprint density at radius 3 is 3.00 bits per heavy atom. The maximum atomic E-state index is 12.8. The molecular weight excluding hydrogens is 259 g/mol. The van der Waals surface area contributed by atoms with Crippen molar-refractivity contribution in [2.75, 3.05) is 6.54 Å². The Hall–Kier alpha value is -1.79. The summed E-state index contributed by atoms with van der Waals surface area (Å²) in [6, 6.07) is 6.22. The summed E-state index contributed by atoms with van der Waals surface area (Å²) >= 11 is 0. The zero-order valence-electron chi connectivity index (χ0n) is 11.0. The van der Waals surface area contributed by atoms with Crippen molar-refractivity contribution in [1.82, 2.24) is 20.1 Å². The molecule has 20 heavy (non-hydrogen) atoms. The number of halogens is 1. The SMILES string of the molecule is OC(CNC1CCc2ncnn2C1)c1ccc(F)cc1. The molecule has 5 nitrogen and oxygen atoms in total. The minimum absolute atomic E-state index is 0.277. The predicted molar refractivity (Wildman–Crippen MR) is 71.5 cm³/mol. The number of nitrogens with one attached hydrogen (secondary N) is 1. The quantitative estimate of drug-likeness (QED) is 0.876. The standard InChI is InChI=1S/C14H17FN4O/c15-11-3-1-10(2-4-11)13(20)7-16-12-5-6-14-17-9-18-19(14)8-12/h1-4,9,12-13,16,20H,5-8H2. The highest BCUT2D eigenvalue weighted by molar-refractivity contribution is 5.18. The van der Waals surface area contributed by atoms with Crippen molar-refractivity contribution in [1.29, 1.82) is 0 Å². The lowest BCUT2D eigenvalue weighted by Gasteiger charge is -2.25. The van der Waals surface area contributed by atoms with Gasteiger partial charge in [0.2, 0.25) is 0 Å². The fourth-order valence-corrected chi connectivity index (χ4v) is 2.49. The summed E-state index contributed by atoms with van der Waals surface area (Å²) in [5.74, 6) is 0.724. The second kappa shape index (κ2) is 5.68. The van der Waals surface area contributed by atoms with Gasteiger partial charge in [-0.1, -0.05) is 12.1 Å². The Bertz CT molecular complexity index is 569. The average molecular weight is 276 g/mol. The number of benzene rings is 1. The third-order valence-corrected chi connectivity index (χ3v) is 3.66. The fraction of sp³-hybridized carbons (Fsp3) is 0.429. The second-order valence-electron chi connectivity index (χ2n) is 5.07. The minimum atomic E-state index is -0.632. The molecule has 2 aromatic rings. The van der Waals surface area contributed by atoms with Gasteiger partial charge in [0.15, 0.2) is 0 Å². The van der Waals surface area contributed by atoms with E-state index < -0.39 is 6.10 Å². The molecule has 1 aromatic carbocycles. The summed E-state index contributed by atoms with van der Waals surface area (Å²) in [4.78, 5) is 4.18. The Labute approximate surface area is 116 Å². The van der Waals surface area contributed by atoms with Crippen molar-refractivity contribution >= 4 is 0 Å². The first-order valence-electron chi connectivity index (χ1n) is 6.76. The molecule has 106 valence electrons. The Balaban J connectivity index is 1.54. The lowest BCUT2D eigenvalue weighted by Crippen LogP contribution is -2.39. The molecular formula is C14H17FN4O. The molecule has 1 aliphatic rings. The molecule has 0 spiro atoms. The molecule has 0 saturated carbocycles. The van der Waals surface area contributed by atoms with Gasteiger partial charge in [-0.3, -0.25) is 0 Å². The Kier molecular flexibility index (Phi) is 3.75. The number of rotatable bonds is 4. The maximum Gasteiger partial charge on any atom is 0.138 e. The summed E-state index contributed by atoms with van der Waals surface area (Å²) in [5, 5.41) is 17.6. The van der Waals surface area contributed by atoms with Crippen molar-refractivity contribution in [3.05, 3.63) is 47.8 Å². The van der Waals surface area contributed by atoms with Crippen LogP contribution in [0, 0.1) is 5.82 Å². The number of aliphatic hydroxyl groups excluding tert-OH is 1. The average Bonchev–Trinajstić information content (AvgIpc) is 2.93. The van der Waals surface area contributed by atoms with Crippen molar-refractivity contribution in [2.45, 2.75) is 31.5 Å². The number of aromatic nitrogens is 3. The molecule has 2 N–H and O–H groups in total. The molecule has 2 atom stereocenters. The number of nitrogens with zero attached hydrogens (tertiary/aromatic N) is 3. The van der Waals surface area contributed by atoms with Gasteiger partial charge in [-0.25, -0.2) is 14.1 Å². The topological polar surface area (TPSA) is 63.0 Å². The van der Waals surface area contributed by atoms with Crippen molar-refractivity contribution < 1.29 is 9.50 Å². The molecule has 2 heterocycles. The largest absolute Gasteiger partial charge is 0.387 e. The van der Waals surface area contributed by atoms with Gasteiger partial charge in [0.1, 0.15) is 18.0 Å². The number of hydrogen-bond donors (Lipinski definition) is 2. The lowest BCUT2D eigenvalue weighted by atomic mass is 10.1. The van der Waals surface area contributed by atoms with Crippen LogP contribution in [0.3, 0.4) is 0 Å². The fourth-order valence-electron chi connectivity index (χ4n) is 2.49. The second-order valence-corrected chi connectivity index (χ2v) is 5.07. The van der Waals surface area contributed by atoms with Gasteiger partial charge < -0.3 is 10.4 Å². The van der Waals surface area contributed by atoms with E-state index in [1.807, 2.05) is 4.68 Å². The predicted octanol–water partition coefficient (Wildman–Crippen LogP) is 1.06. The van der Waals surface area contributed by atoms with Gasteiger partial charge in [-0.15, -0.1) is 0 Å². The van der Waals surface area contributed by atoms with E-state index >= 15 is 0 Å². The van der Waals surface area contributed by atoms with Crippen LogP contribution < -0.4 is 5.32 Å². The summed E-state index contributed by atoms with van der Waals surface area (Å²) in [7, 11) is 0. The number of aliphatic hydroxyl groups is 1. The zero-order chi connectivity index (χ0) is 13.9. The van der Waals surface area contributed by atoms with Crippen molar-refractivity contribution in [3.63, 3.8) is 0 Å². The van der Waals surface area contributed by atoms with Gasteiger partial charge in [0.05, 0.1) is 12.6 Å². The highest BCUT2D eigenvalue weighted by Crippen LogP contribution is 2.15. The van der Waals surface area contributed by atoms with Gasteiger partial charge in [0.25, 0.3) is 0 Å². The van der Waals surface area contributed by atoms with E-state index in [1.165, 1.54) is 12.1 Å². The van der Waals surface area contributed by atoms with Crippen LogP contribution in [0.25, 0.3) is 0 Å². The highest BCUT2D eigenvalue weighted by atomic mass is 19.1. The van der Waals surface area contributed by atoms with E-state index in [4.69, 9.17) is 0 Å². The van der Waals surface area contributed by atoms with Crippen LogP contribution in [-0.4, -0.2) is 32.5 Å². The van der Waals surface area contributed by atoms with Gasteiger partial charge >= 0.3 is 0 Å². The minimum Gasteiger partial charge on any atom is -0.387 e. The normalized spacial score (nSPS) is 19.6.